The summed E-state index contributed by atoms with van der Waals surface area (Å²) in [4.78, 5) is 0. The lowest BCUT2D eigenvalue weighted by molar-refractivity contribution is 0.590. The van der Waals surface area contributed by atoms with Crippen LogP contribution < -0.4 is 0 Å². The van der Waals surface area contributed by atoms with E-state index in [2.05, 4.69) is 112 Å². The van der Waals surface area contributed by atoms with E-state index in [0.29, 0.717) is 0 Å². The minimum absolute atomic E-state index is 0.178. The van der Waals surface area contributed by atoms with Crippen LogP contribution in [0.3, 0.4) is 0 Å². The first-order valence-electron chi connectivity index (χ1n) is 9.22. The van der Waals surface area contributed by atoms with Crippen LogP contribution in [-0.4, -0.2) is 0 Å². The van der Waals surface area contributed by atoms with Crippen molar-refractivity contribution in [1.82, 2.24) is 0 Å². The van der Waals surface area contributed by atoms with Gasteiger partial charge in [0.1, 0.15) is 0 Å². The standard InChI is InChI=1S/C26H24/c1-26(2,3)21-15-13-20(14-16-21)23-18-17-22(19-9-5-4-6-10-19)24-11-7-8-12-25(23)24/h4-18H,1-3H3. The zero-order chi connectivity index (χ0) is 18.1. The number of rotatable bonds is 2. The second kappa shape index (κ2) is 6.46. The molecule has 0 spiro atoms. The fourth-order valence-corrected chi connectivity index (χ4v) is 3.57. The van der Waals surface area contributed by atoms with E-state index in [-0.39, 0.29) is 5.41 Å². The molecular weight excluding hydrogens is 312 g/mol. The molecule has 0 atom stereocenters. The van der Waals surface area contributed by atoms with E-state index < -0.39 is 0 Å². The van der Waals surface area contributed by atoms with Crippen molar-refractivity contribution >= 4 is 10.8 Å². The molecule has 4 aromatic carbocycles. The Labute approximate surface area is 156 Å². The van der Waals surface area contributed by atoms with Gasteiger partial charge in [-0.2, -0.15) is 0 Å². The quantitative estimate of drug-likeness (QED) is 0.356. The van der Waals surface area contributed by atoms with Gasteiger partial charge in [-0.3, -0.25) is 0 Å². The summed E-state index contributed by atoms with van der Waals surface area (Å²) in [6.45, 7) is 6.77. The summed E-state index contributed by atoms with van der Waals surface area (Å²) in [7, 11) is 0. The Bertz CT molecular complexity index is 1030. The third-order valence-corrected chi connectivity index (χ3v) is 5.07. The minimum Gasteiger partial charge on any atom is -0.0622 e. The molecular formula is C26H24. The lowest BCUT2D eigenvalue weighted by Crippen LogP contribution is -2.10. The van der Waals surface area contributed by atoms with Gasteiger partial charge in [0.25, 0.3) is 0 Å². The van der Waals surface area contributed by atoms with Crippen LogP contribution in [0.5, 0.6) is 0 Å². The van der Waals surface area contributed by atoms with Crippen molar-refractivity contribution in [3.8, 4) is 22.3 Å². The third kappa shape index (κ3) is 3.04. The lowest BCUT2D eigenvalue weighted by atomic mass is 9.85. The van der Waals surface area contributed by atoms with Crippen LogP contribution in [-0.2, 0) is 5.41 Å². The van der Waals surface area contributed by atoms with E-state index in [4.69, 9.17) is 0 Å². The van der Waals surface area contributed by atoms with Gasteiger partial charge in [0.2, 0.25) is 0 Å². The molecule has 0 saturated heterocycles. The van der Waals surface area contributed by atoms with Gasteiger partial charge < -0.3 is 0 Å². The summed E-state index contributed by atoms with van der Waals surface area (Å²) in [5, 5.41) is 2.61. The normalized spacial score (nSPS) is 11.7. The summed E-state index contributed by atoms with van der Waals surface area (Å²) in [5.41, 5.74) is 6.66. The Hall–Kier alpha value is -2.86. The number of benzene rings is 4. The van der Waals surface area contributed by atoms with E-state index >= 15 is 0 Å². The van der Waals surface area contributed by atoms with Crippen LogP contribution >= 0.6 is 0 Å². The highest BCUT2D eigenvalue weighted by Crippen LogP contribution is 2.36. The molecule has 0 amide bonds. The fourth-order valence-electron chi connectivity index (χ4n) is 3.57. The topological polar surface area (TPSA) is 0 Å². The third-order valence-electron chi connectivity index (χ3n) is 5.07. The fraction of sp³-hybridized carbons (Fsp3) is 0.154. The van der Waals surface area contributed by atoms with Crippen LogP contribution in [0, 0.1) is 0 Å². The highest BCUT2D eigenvalue weighted by Gasteiger charge is 2.14. The van der Waals surface area contributed by atoms with Crippen LogP contribution in [0.15, 0.2) is 91.0 Å². The maximum absolute atomic E-state index is 2.26. The first-order chi connectivity index (χ1) is 12.5. The first-order valence-corrected chi connectivity index (χ1v) is 9.22. The SMILES string of the molecule is CC(C)(C)c1ccc(-c2ccc(-c3ccccc3)c3ccccc23)cc1. The van der Waals surface area contributed by atoms with Gasteiger partial charge in [0, 0.05) is 0 Å². The predicted octanol–water partition coefficient (Wildman–Crippen LogP) is 7.47. The molecule has 4 aromatic rings. The molecule has 0 heterocycles. The van der Waals surface area contributed by atoms with Crippen molar-refractivity contribution in [2.45, 2.75) is 26.2 Å². The summed E-state index contributed by atoms with van der Waals surface area (Å²) in [6.07, 6.45) is 0. The van der Waals surface area contributed by atoms with Gasteiger partial charge in [-0.1, -0.05) is 112 Å². The molecule has 0 nitrogen and oxygen atoms in total. The molecule has 0 heteroatoms. The maximum Gasteiger partial charge on any atom is -0.00992 e. The second-order valence-corrected chi connectivity index (χ2v) is 7.90. The zero-order valence-corrected chi connectivity index (χ0v) is 15.7. The minimum atomic E-state index is 0.178. The van der Waals surface area contributed by atoms with Gasteiger partial charge in [-0.15, -0.1) is 0 Å². The molecule has 0 aliphatic carbocycles. The highest BCUT2D eigenvalue weighted by molar-refractivity contribution is 6.04. The molecule has 0 radical (unpaired) electrons. The number of hydrogen-bond acceptors (Lipinski definition) is 0. The molecule has 0 bridgehead atoms. The Morgan fingerprint density at radius 3 is 1.42 bits per heavy atom. The molecule has 4 rings (SSSR count). The molecule has 0 aliphatic heterocycles. The smallest absolute Gasteiger partial charge is 0.00992 e. The molecule has 128 valence electrons. The number of hydrogen-bond donors (Lipinski definition) is 0. The molecule has 0 fully saturated rings. The van der Waals surface area contributed by atoms with Crippen molar-refractivity contribution in [2.24, 2.45) is 0 Å². The van der Waals surface area contributed by atoms with E-state index in [1.165, 1.54) is 38.6 Å². The summed E-state index contributed by atoms with van der Waals surface area (Å²) >= 11 is 0. The molecule has 0 N–H and O–H groups in total. The highest BCUT2D eigenvalue weighted by atomic mass is 14.2. The molecule has 0 unspecified atom stereocenters. The van der Waals surface area contributed by atoms with E-state index in [0.717, 1.165) is 0 Å². The molecule has 0 aromatic heterocycles. The summed E-state index contributed by atoms with van der Waals surface area (Å²) in [5.74, 6) is 0. The van der Waals surface area contributed by atoms with Crippen molar-refractivity contribution in [2.75, 3.05) is 0 Å². The van der Waals surface area contributed by atoms with Crippen molar-refractivity contribution < 1.29 is 0 Å². The van der Waals surface area contributed by atoms with E-state index in [1.807, 2.05) is 0 Å². The average Bonchev–Trinajstić information content (AvgIpc) is 2.67. The van der Waals surface area contributed by atoms with Crippen LogP contribution in [0.2, 0.25) is 0 Å². The largest absolute Gasteiger partial charge is 0.0622 e. The van der Waals surface area contributed by atoms with Crippen LogP contribution in [0.25, 0.3) is 33.0 Å². The van der Waals surface area contributed by atoms with Crippen molar-refractivity contribution in [3.05, 3.63) is 96.6 Å². The van der Waals surface area contributed by atoms with Gasteiger partial charge in [-0.05, 0) is 44.0 Å². The molecule has 0 aliphatic rings. The number of fused-ring (bicyclic) bond motifs is 1. The van der Waals surface area contributed by atoms with Gasteiger partial charge in [0.15, 0.2) is 0 Å². The monoisotopic (exact) mass is 336 g/mol. The lowest BCUT2D eigenvalue weighted by Gasteiger charge is -2.19. The van der Waals surface area contributed by atoms with Crippen molar-refractivity contribution in [3.63, 3.8) is 0 Å². The average molecular weight is 336 g/mol. The Balaban J connectivity index is 1.88. The Kier molecular flexibility index (Phi) is 4.12. The van der Waals surface area contributed by atoms with Crippen LogP contribution in [0.4, 0.5) is 0 Å². The first kappa shape index (κ1) is 16.6. The molecule has 0 saturated carbocycles. The molecule has 26 heavy (non-hydrogen) atoms. The van der Waals surface area contributed by atoms with E-state index in [1.54, 1.807) is 0 Å². The van der Waals surface area contributed by atoms with E-state index in [9.17, 15) is 0 Å². The maximum atomic E-state index is 2.26. The predicted molar refractivity (Wildman–Crippen MR) is 114 cm³/mol. The summed E-state index contributed by atoms with van der Waals surface area (Å²) < 4.78 is 0. The van der Waals surface area contributed by atoms with Gasteiger partial charge in [0.05, 0.1) is 0 Å². The summed E-state index contributed by atoms with van der Waals surface area (Å²) in [6, 6.07) is 32.9. The Morgan fingerprint density at radius 2 is 0.923 bits per heavy atom. The zero-order valence-electron chi connectivity index (χ0n) is 15.7. The second-order valence-electron chi connectivity index (χ2n) is 7.90. The van der Waals surface area contributed by atoms with Crippen molar-refractivity contribution in [1.29, 1.82) is 0 Å². The Morgan fingerprint density at radius 1 is 0.462 bits per heavy atom. The van der Waals surface area contributed by atoms with Gasteiger partial charge >= 0.3 is 0 Å². The van der Waals surface area contributed by atoms with Gasteiger partial charge in [-0.25, -0.2) is 0 Å². The van der Waals surface area contributed by atoms with Crippen LogP contribution in [0.1, 0.15) is 26.3 Å².